The molecule has 20 heavy (non-hydrogen) atoms. The number of hydrogen-bond acceptors (Lipinski definition) is 3. The van der Waals surface area contributed by atoms with Crippen LogP contribution in [0.1, 0.15) is 16.1 Å². The minimum atomic E-state index is -1.01. The van der Waals surface area contributed by atoms with Crippen LogP contribution in [0.4, 0.5) is 0 Å². The summed E-state index contributed by atoms with van der Waals surface area (Å²) in [6.07, 6.45) is 1.36. The van der Waals surface area contributed by atoms with Crippen molar-refractivity contribution in [3.63, 3.8) is 0 Å². The lowest BCUT2D eigenvalue weighted by molar-refractivity contribution is 0.0695. The van der Waals surface area contributed by atoms with Gasteiger partial charge in [-0.25, -0.2) is 14.8 Å². The number of carboxylic acid groups (broad SMARTS) is 1. The van der Waals surface area contributed by atoms with Crippen molar-refractivity contribution in [3.8, 4) is 11.4 Å². The zero-order valence-electron chi connectivity index (χ0n) is 10.9. The Morgan fingerprint density at radius 1 is 1.10 bits per heavy atom. The lowest BCUT2D eigenvalue weighted by Crippen LogP contribution is -2.04. The Morgan fingerprint density at radius 2 is 1.85 bits per heavy atom. The van der Waals surface area contributed by atoms with Gasteiger partial charge in [-0.2, -0.15) is 0 Å². The predicted octanol–water partition coefficient (Wildman–Crippen LogP) is 3.30. The lowest BCUT2D eigenvalue weighted by Gasteiger charge is -2.07. The van der Waals surface area contributed by atoms with Crippen molar-refractivity contribution in [1.82, 2.24) is 9.97 Å². The van der Waals surface area contributed by atoms with Crippen molar-refractivity contribution in [2.24, 2.45) is 0 Å². The van der Waals surface area contributed by atoms with E-state index in [9.17, 15) is 4.79 Å². The summed E-state index contributed by atoms with van der Waals surface area (Å²) in [5.41, 5.74) is 1.51. The number of hydrogen-bond donors (Lipinski definition) is 1. The van der Waals surface area contributed by atoms with Crippen molar-refractivity contribution in [2.45, 2.75) is 6.92 Å². The Hall–Kier alpha value is -2.75. The maximum absolute atomic E-state index is 11.0. The van der Waals surface area contributed by atoms with E-state index < -0.39 is 5.97 Å². The van der Waals surface area contributed by atoms with E-state index in [2.05, 4.69) is 9.97 Å². The van der Waals surface area contributed by atoms with Crippen molar-refractivity contribution in [2.75, 3.05) is 0 Å². The minimum Gasteiger partial charge on any atom is -0.478 e. The molecule has 0 aliphatic rings. The Bertz CT molecular complexity index is 807. The first kappa shape index (κ1) is 12.3. The van der Waals surface area contributed by atoms with E-state index >= 15 is 0 Å². The molecule has 0 atom stereocenters. The van der Waals surface area contributed by atoms with E-state index in [0.29, 0.717) is 11.5 Å². The second kappa shape index (κ2) is 4.74. The van der Waals surface area contributed by atoms with Crippen molar-refractivity contribution < 1.29 is 9.90 Å². The van der Waals surface area contributed by atoms with Gasteiger partial charge < -0.3 is 5.11 Å². The molecule has 3 rings (SSSR count). The number of aromatic carboxylic acids is 1. The fraction of sp³-hybridized carbons (Fsp3) is 0.0625. The van der Waals surface area contributed by atoms with Crippen LogP contribution in [-0.4, -0.2) is 21.0 Å². The molecule has 0 saturated heterocycles. The van der Waals surface area contributed by atoms with Gasteiger partial charge in [0.1, 0.15) is 0 Å². The van der Waals surface area contributed by atoms with Gasteiger partial charge in [-0.15, -0.1) is 0 Å². The summed E-state index contributed by atoms with van der Waals surface area (Å²) in [5, 5.41) is 11.2. The van der Waals surface area contributed by atoms with E-state index in [-0.39, 0.29) is 5.56 Å². The average Bonchev–Trinajstić information content (AvgIpc) is 2.46. The van der Waals surface area contributed by atoms with Crippen LogP contribution in [0.3, 0.4) is 0 Å². The number of aromatic nitrogens is 2. The first-order valence-corrected chi connectivity index (χ1v) is 6.22. The molecule has 4 heteroatoms. The molecule has 1 N–H and O–H groups in total. The van der Waals surface area contributed by atoms with Crippen molar-refractivity contribution in [3.05, 3.63) is 59.9 Å². The molecule has 1 heterocycles. The SMILES string of the molecule is Cc1nc(-c2cccc3ccccc23)ncc1C(=O)O. The number of aryl methyl sites for hydroxylation is 1. The van der Waals surface area contributed by atoms with Crippen LogP contribution in [0.25, 0.3) is 22.2 Å². The largest absolute Gasteiger partial charge is 0.478 e. The van der Waals surface area contributed by atoms with E-state index in [1.807, 2.05) is 42.5 Å². The molecule has 0 unspecified atom stereocenters. The molecule has 98 valence electrons. The fourth-order valence-electron chi connectivity index (χ4n) is 2.23. The number of carbonyl (C=O) groups is 1. The molecule has 0 radical (unpaired) electrons. The maximum atomic E-state index is 11.0. The molecular formula is C16H12N2O2. The van der Waals surface area contributed by atoms with Gasteiger partial charge in [0.25, 0.3) is 0 Å². The Kier molecular flexibility index (Phi) is 2.91. The lowest BCUT2D eigenvalue weighted by atomic mass is 10.0. The highest BCUT2D eigenvalue weighted by molar-refractivity contribution is 5.95. The third kappa shape index (κ3) is 2.01. The first-order valence-electron chi connectivity index (χ1n) is 6.22. The second-order valence-corrected chi connectivity index (χ2v) is 4.52. The van der Waals surface area contributed by atoms with E-state index in [0.717, 1.165) is 16.3 Å². The normalized spacial score (nSPS) is 10.7. The highest BCUT2D eigenvalue weighted by Crippen LogP contribution is 2.26. The van der Waals surface area contributed by atoms with Gasteiger partial charge in [0, 0.05) is 11.8 Å². The van der Waals surface area contributed by atoms with Crippen LogP contribution >= 0.6 is 0 Å². The number of carboxylic acids is 1. The van der Waals surface area contributed by atoms with Gasteiger partial charge in [-0.1, -0.05) is 42.5 Å². The van der Waals surface area contributed by atoms with Gasteiger partial charge in [-0.05, 0) is 17.7 Å². The summed E-state index contributed by atoms with van der Waals surface area (Å²) in [7, 11) is 0. The van der Waals surface area contributed by atoms with Gasteiger partial charge in [0.05, 0.1) is 11.3 Å². The number of fused-ring (bicyclic) bond motifs is 1. The van der Waals surface area contributed by atoms with Gasteiger partial charge in [0.2, 0.25) is 0 Å². The molecule has 0 fully saturated rings. The van der Waals surface area contributed by atoms with Gasteiger partial charge in [0.15, 0.2) is 5.82 Å². The predicted molar refractivity (Wildman–Crippen MR) is 76.7 cm³/mol. The van der Waals surface area contributed by atoms with Crippen molar-refractivity contribution >= 4 is 16.7 Å². The molecule has 0 amide bonds. The molecular weight excluding hydrogens is 252 g/mol. The van der Waals surface area contributed by atoms with E-state index in [4.69, 9.17) is 5.11 Å². The fourth-order valence-corrected chi connectivity index (χ4v) is 2.23. The quantitative estimate of drug-likeness (QED) is 0.771. The summed E-state index contributed by atoms with van der Waals surface area (Å²) in [6.45, 7) is 1.68. The molecule has 0 aliphatic carbocycles. The second-order valence-electron chi connectivity index (χ2n) is 4.52. The summed E-state index contributed by atoms with van der Waals surface area (Å²) in [6, 6.07) is 13.9. The van der Waals surface area contributed by atoms with Crippen molar-refractivity contribution in [1.29, 1.82) is 0 Å². The topological polar surface area (TPSA) is 63.1 Å². The Labute approximate surface area is 115 Å². The van der Waals surface area contributed by atoms with E-state index in [1.165, 1.54) is 6.20 Å². The molecule has 2 aromatic carbocycles. The Morgan fingerprint density at radius 3 is 2.60 bits per heavy atom. The molecule has 0 saturated carbocycles. The zero-order chi connectivity index (χ0) is 14.1. The van der Waals surface area contributed by atoms with Crippen LogP contribution in [0.5, 0.6) is 0 Å². The van der Waals surface area contributed by atoms with Gasteiger partial charge >= 0.3 is 5.97 Å². The average molecular weight is 264 g/mol. The standard InChI is InChI=1S/C16H12N2O2/c1-10-14(16(19)20)9-17-15(18-10)13-8-4-6-11-5-2-3-7-12(11)13/h2-9H,1H3,(H,19,20). The maximum Gasteiger partial charge on any atom is 0.339 e. The zero-order valence-corrected chi connectivity index (χ0v) is 10.9. The molecule has 0 spiro atoms. The summed E-state index contributed by atoms with van der Waals surface area (Å²) in [5.74, 6) is -0.462. The molecule has 4 nitrogen and oxygen atoms in total. The third-order valence-electron chi connectivity index (χ3n) is 3.24. The molecule has 0 bridgehead atoms. The summed E-state index contributed by atoms with van der Waals surface area (Å²) >= 11 is 0. The number of benzene rings is 2. The number of rotatable bonds is 2. The van der Waals surface area contributed by atoms with E-state index in [1.54, 1.807) is 6.92 Å². The molecule has 0 aliphatic heterocycles. The number of nitrogens with zero attached hydrogens (tertiary/aromatic N) is 2. The van der Waals surface area contributed by atoms with Gasteiger partial charge in [-0.3, -0.25) is 0 Å². The highest BCUT2D eigenvalue weighted by Gasteiger charge is 2.12. The van der Waals surface area contributed by atoms with Crippen LogP contribution < -0.4 is 0 Å². The monoisotopic (exact) mass is 264 g/mol. The smallest absolute Gasteiger partial charge is 0.339 e. The first-order chi connectivity index (χ1) is 9.66. The molecule has 1 aromatic heterocycles. The van der Waals surface area contributed by atoms with Crippen LogP contribution in [0.15, 0.2) is 48.7 Å². The molecule has 3 aromatic rings. The Balaban J connectivity index is 2.21. The summed E-state index contributed by atoms with van der Waals surface area (Å²) < 4.78 is 0. The van der Waals surface area contributed by atoms with Crippen LogP contribution in [0, 0.1) is 6.92 Å². The highest BCUT2D eigenvalue weighted by atomic mass is 16.4. The minimum absolute atomic E-state index is 0.133. The van der Waals surface area contributed by atoms with Crippen LogP contribution in [-0.2, 0) is 0 Å². The van der Waals surface area contributed by atoms with Crippen LogP contribution in [0.2, 0.25) is 0 Å². The summed E-state index contributed by atoms with van der Waals surface area (Å²) in [4.78, 5) is 19.5. The third-order valence-corrected chi connectivity index (χ3v) is 3.24.